The van der Waals surface area contributed by atoms with Crippen LogP contribution in [0.1, 0.15) is 18.9 Å². The molecule has 3 rings (SSSR count). The predicted molar refractivity (Wildman–Crippen MR) is 90.8 cm³/mol. The van der Waals surface area contributed by atoms with E-state index in [4.69, 9.17) is 9.47 Å². The van der Waals surface area contributed by atoms with Crippen molar-refractivity contribution in [2.75, 3.05) is 26.2 Å². The summed E-state index contributed by atoms with van der Waals surface area (Å²) in [5.74, 6) is -1.14. The molecule has 1 heterocycles. The number of esters is 2. The van der Waals surface area contributed by atoms with Crippen LogP contribution >= 0.6 is 0 Å². The summed E-state index contributed by atoms with van der Waals surface area (Å²) in [6, 6.07) is 7.63. The van der Waals surface area contributed by atoms with Gasteiger partial charge in [-0.3, -0.25) is 9.59 Å². The summed E-state index contributed by atoms with van der Waals surface area (Å²) < 4.78 is 10.1. The molecule has 5 heteroatoms. The van der Waals surface area contributed by atoms with Gasteiger partial charge in [-0.2, -0.15) is 0 Å². The number of likely N-dealkylation sites (N-methyl/N-ethyl adjacent to an activating group) is 1. The molecule has 1 saturated carbocycles. The average molecular weight is 329 g/mol. The van der Waals surface area contributed by atoms with Crippen LogP contribution in [0.25, 0.3) is 0 Å². The Morgan fingerprint density at radius 3 is 2.38 bits per heavy atom. The monoisotopic (exact) mass is 329 g/mol. The van der Waals surface area contributed by atoms with Crippen molar-refractivity contribution >= 4 is 17.6 Å². The van der Waals surface area contributed by atoms with Crippen LogP contribution in [0.3, 0.4) is 0 Å². The van der Waals surface area contributed by atoms with Crippen LogP contribution in [0.2, 0.25) is 0 Å². The van der Waals surface area contributed by atoms with E-state index in [0.717, 1.165) is 11.3 Å². The molecule has 0 spiro atoms. The Kier molecular flexibility index (Phi) is 3.70. The second kappa shape index (κ2) is 5.36. The molecular formula is C19H23NO4. The summed E-state index contributed by atoms with van der Waals surface area (Å²) in [5, 5.41) is 0. The lowest BCUT2D eigenvalue weighted by atomic mass is 9.71. The maximum Gasteiger partial charge on any atom is 0.325 e. The van der Waals surface area contributed by atoms with E-state index in [9.17, 15) is 9.59 Å². The molecule has 128 valence electrons. The Hall–Kier alpha value is -2.30. The SMILES string of the molecule is C=C[C@H]1CC(C(=O)OC)(C(=O)OC)[C@@H]2N(C)c3ccccc3[C@]12C. The van der Waals surface area contributed by atoms with E-state index >= 15 is 0 Å². The zero-order chi connectivity index (χ0) is 17.7. The smallest absolute Gasteiger partial charge is 0.325 e. The average Bonchev–Trinajstić information content (AvgIpc) is 3.02. The molecule has 0 N–H and O–H groups in total. The summed E-state index contributed by atoms with van der Waals surface area (Å²) in [6.45, 7) is 6.06. The quantitative estimate of drug-likeness (QED) is 0.484. The van der Waals surface area contributed by atoms with E-state index in [2.05, 4.69) is 19.6 Å². The van der Waals surface area contributed by atoms with Crippen molar-refractivity contribution < 1.29 is 19.1 Å². The van der Waals surface area contributed by atoms with Gasteiger partial charge in [0.15, 0.2) is 5.41 Å². The third-order valence-electron chi connectivity index (χ3n) is 5.98. The van der Waals surface area contributed by atoms with E-state index < -0.39 is 22.8 Å². The van der Waals surface area contributed by atoms with E-state index in [-0.39, 0.29) is 12.0 Å². The minimum absolute atomic E-state index is 0.0493. The van der Waals surface area contributed by atoms with Crippen LogP contribution in [0.4, 0.5) is 5.69 Å². The standard InChI is InChI=1S/C19H23NO4/c1-6-12-11-19(16(21)23-4,17(22)24-5)15-18(12,2)13-9-7-8-10-14(13)20(15)3/h6-10,12,15H,1,11H2,2-5H3/t12-,15+,18-/m0/s1. The Labute approximate surface area is 142 Å². The summed E-state index contributed by atoms with van der Waals surface area (Å²) in [7, 11) is 4.54. The molecule has 0 bridgehead atoms. The van der Waals surface area contributed by atoms with Gasteiger partial charge in [-0.25, -0.2) is 0 Å². The molecule has 0 amide bonds. The second-order valence-corrected chi connectivity index (χ2v) is 6.81. The molecule has 1 aliphatic carbocycles. The number of benzene rings is 1. The predicted octanol–water partition coefficient (Wildman–Crippen LogP) is 2.30. The number of para-hydroxylation sites is 1. The minimum Gasteiger partial charge on any atom is -0.468 e. The zero-order valence-electron chi connectivity index (χ0n) is 14.5. The Morgan fingerprint density at radius 1 is 1.25 bits per heavy atom. The number of allylic oxidation sites excluding steroid dienone is 1. The Balaban J connectivity index is 2.29. The topological polar surface area (TPSA) is 55.8 Å². The number of nitrogens with zero attached hydrogens (tertiary/aromatic N) is 1. The van der Waals surface area contributed by atoms with E-state index in [1.807, 2.05) is 36.2 Å². The van der Waals surface area contributed by atoms with Crippen LogP contribution in [-0.4, -0.2) is 39.2 Å². The molecule has 2 aliphatic rings. The number of fused-ring (bicyclic) bond motifs is 3. The highest BCUT2D eigenvalue weighted by molar-refractivity contribution is 6.03. The first kappa shape index (κ1) is 16.6. The van der Waals surface area contributed by atoms with Crippen molar-refractivity contribution in [3.63, 3.8) is 0 Å². The van der Waals surface area contributed by atoms with Crippen LogP contribution in [0, 0.1) is 11.3 Å². The molecule has 24 heavy (non-hydrogen) atoms. The minimum atomic E-state index is -1.37. The summed E-state index contributed by atoms with van der Waals surface area (Å²) >= 11 is 0. The molecule has 1 aromatic rings. The zero-order valence-corrected chi connectivity index (χ0v) is 14.5. The third-order valence-corrected chi connectivity index (χ3v) is 5.98. The van der Waals surface area contributed by atoms with Crippen LogP contribution < -0.4 is 4.90 Å². The summed E-state index contributed by atoms with van der Waals surface area (Å²) in [5.41, 5.74) is 0.353. The molecule has 1 aromatic carbocycles. The van der Waals surface area contributed by atoms with Gasteiger partial charge in [-0.05, 0) is 24.0 Å². The van der Waals surface area contributed by atoms with Gasteiger partial charge >= 0.3 is 11.9 Å². The Morgan fingerprint density at radius 2 is 1.83 bits per heavy atom. The van der Waals surface area contributed by atoms with Gasteiger partial charge in [0.1, 0.15) is 0 Å². The molecule has 1 fully saturated rings. The highest BCUT2D eigenvalue weighted by atomic mass is 16.5. The number of methoxy groups -OCH3 is 2. The number of rotatable bonds is 3. The highest BCUT2D eigenvalue weighted by Crippen LogP contribution is 2.63. The molecule has 0 unspecified atom stereocenters. The molecule has 0 radical (unpaired) electrons. The summed E-state index contributed by atoms with van der Waals surface area (Å²) in [6.07, 6.45) is 2.17. The normalized spacial score (nSPS) is 29.6. The number of hydrogen-bond acceptors (Lipinski definition) is 5. The van der Waals surface area contributed by atoms with E-state index in [1.165, 1.54) is 14.2 Å². The van der Waals surface area contributed by atoms with Gasteiger partial charge in [0, 0.05) is 18.2 Å². The lowest BCUT2D eigenvalue weighted by Crippen LogP contribution is -2.56. The number of hydrogen-bond donors (Lipinski definition) is 0. The van der Waals surface area contributed by atoms with Gasteiger partial charge < -0.3 is 14.4 Å². The van der Waals surface area contributed by atoms with Gasteiger partial charge in [0.2, 0.25) is 0 Å². The highest BCUT2D eigenvalue weighted by Gasteiger charge is 2.72. The fourth-order valence-electron chi connectivity index (χ4n) is 5.01. The molecule has 1 aliphatic heterocycles. The second-order valence-electron chi connectivity index (χ2n) is 6.81. The summed E-state index contributed by atoms with van der Waals surface area (Å²) in [4.78, 5) is 27.6. The van der Waals surface area contributed by atoms with Gasteiger partial charge in [0.25, 0.3) is 0 Å². The van der Waals surface area contributed by atoms with Gasteiger partial charge in [-0.15, -0.1) is 6.58 Å². The van der Waals surface area contributed by atoms with Crippen LogP contribution in [0.5, 0.6) is 0 Å². The Bertz CT molecular complexity index is 697. The maximum atomic E-state index is 12.8. The van der Waals surface area contributed by atoms with Crippen molar-refractivity contribution in [1.29, 1.82) is 0 Å². The van der Waals surface area contributed by atoms with Gasteiger partial charge in [0.05, 0.1) is 20.3 Å². The van der Waals surface area contributed by atoms with Crippen molar-refractivity contribution in [1.82, 2.24) is 0 Å². The number of carbonyl (C=O) groups excluding carboxylic acids is 2. The maximum absolute atomic E-state index is 12.8. The lowest BCUT2D eigenvalue weighted by Gasteiger charge is -2.38. The molecule has 5 nitrogen and oxygen atoms in total. The van der Waals surface area contributed by atoms with Crippen molar-refractivity contribution in [3.8, 4) is 0 Å². The molecule has 0 aromatic heterocycles. The van der Waals surface area contributed by atoms with Gasteiger partial charge in [-0.1, -0.05) is 31.2 Å². The number of anilines is 1. The first-order valence-electron chi connectivity index (χ1n) is 8.01. The fraction of sp³-hybridized carbons (Fsp3) is 0.474. The molecular weight excluding hydrogens is 306 g/mol. The van der Waals surface area contributed by atoms with Crippen LogP contribution in [-0.2, 0) is 24.5 Å². The van der Waals surface area contributed by atoms with Crippen LogP contribution in [0.15, 0.2) is 36.9 Å². The molecule has 3 atom stereocenters. The number of ether oxygens (including phenoxy) is 2. The van der Waals surface area contributed by atoms with E-state index in [1.54, 1.807) is 0 Å². The first-order chi connectivity index (χ1) is 11.4. The largest absolute Gasteiger partial charge is 0.468 e. The molecule has 0 saturated heterocycles. The third kappa shape index (κ3) is 1.70. The first-order valence-corrected chi connectivity index (χ1v) is 8.01. The fourth-order valence-corrected chi connectivity index (χ4v) is 5.01. The van der Waals surface area contributed by atoms with Crippen molar-refractivity contribution in [2.45, 2.75) is 24.8 Å². The van der Waals surface area contributed by atoms with Crippen molar-refractivity contribution in [2.24, 2.45) is 11.3 Å². The van der Waals surface area contributed by atoms with E-state index in [0.29, 0.717) is 6.42 Å². The van der Waals surface area contributed by atoms with Crippen molar-refractivity contribution in [3.05, 3.63) is 42.5 Å². The lowest BCUT2D eigenvalue weighted by molar-refractivity contribution is -0.170. The number of carbonyl (C=O) groups is 2.